The molecular formula is C12H9FN2O2S. The summed E-state index contributed by atoms with van der Waals surface area (Å²) in [5.74, 6) is -0.298. The number of benzene rings is 1. The van der Waals surface area contributed by atoms with Crippen molar-refractivity contribution in [2.45, 2.75) is 16.8 Å². The van der Waals surface area contributed by atoms with E-state index in [2.05, 4.69) is 4.98 Å². The quantitative estimate of drug-likeness (QED) is 0.628. The van der Waals surface area contributed by atoms with Crippen LogP contribution in [0.5, 0.6) is 0 Å². The van der Waals surface area contributed by atoms with E-state index in [1.807, 2.05) is 0 Å². The second-order valence-electron chi connectivity index (χ2n) is 3.63. The van der Waals surface area contributed by atoms with Crippen LogP contribution in [0.15, 0.2) is 46.5 Å². The Morgan fingerprint density at radius 2 is 2.00 bits per heavy atom. The maximum atomic E-state index is 12.7. The molecule has 0 aliphatic carbocycles. The molecule has 0 atom stereocenters. The van der Waals surface area contributed by atoms with Crippen LogP contribution in [-0.2, 0) is 0 Å². The summed E-state index contributed by atoms with van der Waals surface area (Å²) in [5.41, 5.74) is 0.689. The normalized spacial score (nSPS) is 10.3. The van der Waals surface area contributed by atoms with Crippen molar-refractivity contribution in [1.82, 2.24) is 4.98 Å². The molecule has 0 radical (unpaired) electrons. The molecule has 0 N–H and O–H groups in total. The summed E-state index contributed by atoms with van der Waals surface area (Å²) in [4.78, 5) is 15.0. The largest absolute Gasteiger partial charge is 0.287 e. The van der Waals surface area contributed by atoms with Gasteiger partial charge in [0.05, 0.1) is 4.92 Å². The van der Waals surface area contributed by atoms with E-state index in [0.717, 1.165) is 10.5 Å². The average molecular weight is 264 g/mol. The SMILES string of the molecule is Cc1cc([N+](=O)[O-])cnc1Sc1ccc(F)cc1. The Morgan fingerprint density at radius 3 is 2.56 bits per heavy atom. The average Bonchev–Trinajstić information content (AvgIpc) is 2.34. The van der Waals surface area contributed by atoms with Gasteiger partial charge in [-0.1, -0.05) is 11.8 Å². The summed E-state index contributed by atoms with van der Waals surface area (Å²) >= 11 is 1.34. The monoisotopic (exact) mass is 264 g/mol. The number of hydrogen-bond donors (Lipinski definition) is 0. The fraction of sp³-hybridized carbons (Fsp3) is 0.0833. The highest BCUT2D eigenvalue weighted by molar-refractivity contribution is 7.99. The van der Waals surface area contributed by atoms with Crippen LogP contribution in [0, 0.1) is 22.9 Å². The van der Waals surface area contributed by atoms with E-state index in [-0.39, 0.29) is 11.5 Å². The molecule has 92 valence electrons. The fourth-order valence-corrected chi connectivity index (χ4v) is 2.19. The van der Waals surface area contributed by atoms with E-state index in [1.165, 1.54) is 36.2 Å². The van der Waals surface area contributed by atoms with Gasteiger partial charge >= 0.3 is 0 Å². The third-order valence-corrected chi connectivity index (χ3v) is 3.38. The molecule has 1 aromatic heterocycles. The first-order valence-corrected chi connectivity index (χ1v) is 5.92. The molecule has 1 aromatic carbocycles. The zero-order valence-electron chi connectivity index (χ0n) is 9.46. The van der Waals surface area contributed by atoms with Crippen LogP contribution in [0.1, 0.15) is 5.56 Å². The summed E-state index contributed by atoms with van der Waals surface area (Å²) in [6.07, 6.45) is 1.22. The van der Waals surface area contributed by atoms with Crippen LogP contribution in [-0.4, -0.2) is 9.91 Å². The first kappa shape index (κ1) is 12.5. The molecule has 18 heavy (non-hydrogen) atoms. The van der Waals surface area contributed by atoms with Gasteiger partial charge < -0.3 is 0 Å². The zero-order chi connectivity index (χ0) is 13.1. The molecule has 2 rings (SSSR count). The van der Waals surface area contributed by atoms with Crippen molar-refractivity contribution >= 4 is 17.4 Å². The van der Waals surface area contributed by atoms with Gasteiger partial charge in [-0.15, -0.1) is 0 Å². The summed E-state index contributed by atoms with van der Waals surface area (Å²) in [5, 5.41) is 11.3. The first-order chi connectivity index (χ1) is 8.56. The van der Waals surface area contributed by atoms with Crippen molar-refractivity contribution in [2.24, 2.45) is 0 Å². The Morgan fingerprint density at radius 1 is 1.33 bits per heavy atom. The van der Waals surface area contributed by atoms with Crippen molar-refractivity contribution < 1.29 is 9.31 Å². The van der Waals surface area contributed by atoms with Crippen LogP contribution >= 0.6 is 11.8 Å². The predicted octanol–water partition coefficient (Wildman–Crippen LogP) is 3.59. The smallest absolute Gasteiger partial charge is 0.258 e. The van der Waals surface area contributed by atoms with Crippen molar-refractivity contribution in [3.05, 3.63) is 58.0 Å². The first-order valence-electron chi connectivity index (χ1n) is 5.11. The molecule has 0 unspecified atom stereocenters. The van der Waals surface area contributed by atoms with Crippen molar-refractivity contribution in [1.29, 1.82) is 0 Å². The molecule has 0 bridgehead atoms. The molecular weight excluding hydrogens is 255 g/mol. The molecule has 1 heterocycles. The van der Waals surface area contributed by atoms with Crippen LogP contribution in [0.4, 0.5) is 10.1 Å². The molecule has 0 amide bonds. The Kier molecular flexibility index (Phi) is 3.57. The van der Waals surface area contributed by atoms with Gasteiger partial charge in [0.1, 0.15) is 17.0 Å². The Bertz CT molecular complexity index is 587. The van der Waals surface area contributed by atoms with E-state index >= 15 is 0 Å². The molecule has 6 heteroatoms. The number of hydrogen-bond acceptors (Lipinski definition) is 4. The number of aryl methyl sites for hydroxylation is 1. The van der Waals surface area contributed by atoms with E-state index < -0.39 is 4.92 Å². The number of rotatable bonds is 3. The van der Waals surface area contributed by atoms with Gasteiger partial charge in [0, 0.05) is 11.0 Å². The van der Waals surface area contributed by atoms with Gasteiger partial charge in [0.2, 0.25) is 0 Å². The second kappa shape index (κ2) is 5.14. The summed E-state index contributed by atoms with van der Waals surface area (Å²) in [6, 6.07) is 7.48. The van der Waals surface area contributed by atoms with Gasteiger partial charge in [0.15, 0.2) is 0 Å². The number of halogens is 1. The minimum atomic E-state index is -0.480. The Hall–Kier alpha value is -1.95. The third-order valence-electron chi connectivity index (χ3n) is 2.25. The minimum absolute atomic E-state index is 0.0315. The van der Waals surface area contributed by atoms with Crippen LogP contribution < -0.4 is 0 Å². The van der Waals surface area contributed by atoms with Crippen LogP contribution in [0.3, 0.4) is 0 Å². The van der Waals surface area contributed by atoms with E-state index in [9.17, 15) is 14.5 Å². The van der Waals surface area contributed by atoms with E-state index in [0.29, 0.717) is 5.03 Å². The van der Waals surface area contributed by atoms with Crippen LogP contribution in [0.25, 0.3) is 0 Å². The van der Waals surface area contributed by atoms with Gasteiger partial charge in [-0.3, -0.25) is 10.1 Å². The van der Waals surface area contributed by atoms with Crippen LogP contribution in [0.2, 0.25) is 0 Å². The zero-order valence-corrected chi connectivity index (χ0v) is 10.3. The summed E-state index contributed by atoms with van der Waals surface area (Å²) < 4.78 is 12.7. The van der Waals surface area contributed by atoms with Gasteiger partial charge in [-0.05, 0) is 36.8 Å². The Balaban J connectivity index is 2.24. The lowest BCUT2D eigenvalue weighted by molar-refractivity contribution is -0.385. The number of aromatic nitrogens is 1. The maximum Gasteiger partial charge on any atom is 0.287 e. The highest BCUT2D eigenvalue weighted by Gasteiger charge is 2.10. The molecule has 0 aliphatic heterocycles. The topological polar surface area (TPSA) is 56.0 Å². The molecule has 0 saturated heterocycles. The summed E-state index contributed by atoms with van der Waals surface area (Å²) in [6.45, 7) is 1.76. The lowest BCUT2D eigenvalue weighted by Gasteiger charge is -2.04. The molecule has 4 nitrogen and oxygen atoms in total. The van der Waals surface area contributed by atoms with E-state index in [1.54, 1.807) is 19.1 Å². The predicted molar refractivity (Wildman–Crippen MR) is 66.2 cm³/mol. The number of nitro groups is 1. The maximum absolute atomic E-state index is 12.7. The van der Waals surface area contributed by atoms with E-state index in [4.69, 9.17) is 0 Å². The molecule has 0 spiro atoms. The lowest BCUT2D eigenvalue weighted by Crippen LogP contribution is -1.92. The summed E-state index contributed by atoms with van der Waals surface area (Å²) in [7, 11) is 0. The number of nitrogens with zero attached hydrogens (tertiary/aromatic N) is 2. The lowest BCUT2D eigenvalue weighted by atomic mass is 10.3. The van der Waals surface area contributed by atoms with Gasteiger partial charge in [-0.2, -0.15) is 0 Å². The molecule has 0 aliphatic rings. The Labute approximate surface area is 107 Å². The van der Waals surface area contributed by atoms with Crippen molar-refractivity contribution in [3.8, 4) is 0 Å². The molecule has 0 fully saturated rings. The fourth-order valence-electron chi connectivity index (χ4n) is 1.37. The standard InChI is InChI=1S/C12H9FN2O2S/c1-8-6-10(15(16)17)7-14-12(8)18-11-4-2-9(13)3-5-11/h2-7H,1H3. The van der Waals surface area contributed by atoms with Crippen molar-refractivity contribution in [3.63, 3.8) is 0 Å². The van der Waals surface area contributed by atoms with Crippen molar-refractivity contribution in [2.75, 3.05) is 0 Å². The highest BCUT2D eigenvalue weighted by atomic mass is 32.2. The molecule has 0 saturated carbocycles. The molecule has 2 aromatic rings. The third kappa shape index (κ3) is 2.84. The minimum Gasteiger partial charge on any atom is -0.258 e. The number of pyridine rings is 1. The van der Waals surface area contributed by atoms with Gasteiger partial charge in [0.25, 0.3) is 5.69 Å². The van der Waals surface area contributed by atoms with Gasteiger partial charge in [-0.25, -0.2) is 9.37 Å². The second-order valence-corrected chi connectivity index (χ2v) is 4.69. The highest BCUT2D eigenvalue weighted by Crippen LogP contribution is 2.29.